The van der Waals surface area contributed by atoms with Crippen molar-refractivity contribution in [2.45, 2.75) is 51.6 Å². The summed E-state index contributed by atoms with van der Waals surface area (Å²) in [5, 5.41) is 0. The largest absolute Gasteiger partial charge is 0.494 e. The molecule has 1 atom stereocenters. The summed E-state index contributed by atoms with van der Waals surface area (Å²) < 4.78 is 5.66. The molecule has 0 aromatic heterocycles. The van der Waals surface area contributed by atoms with Crippen molar-refractivity contribution in [2.24, 2.45) is 0 Å². The Hall–Kier alpha value is -1.12. The monoisotopic (exact) mass is 208 g/mol. The summed E-state index contributed by atoms with van der Waals surface area (Å²) in [5.74, 6) is 0.625. The zero-order valence-corrected chi connectivity index (χ0v) is 9.04. The number of hydrogen-bond acceptors (Lipinski definition) is 3. The van der Waals surface area contributed by atoms with Crippen LogP contribution in [0.15, 0.2) is 11.3 Å². The number of Topliss-reactive ketones (excluding diaryl/α,β-unsaturated/α-hetero) is 2. The third kappa shape index (κ3) is 1.96. The first-order chi connectivity index (χ1) is 7.22. The first kappa shape index (κ1) is 10.4. The smallest absolute Gasteiger partial charge is 0.170 e. The van der Waals surface area contributed by atoms with E-state index in [-0.39, 0.29) is 17.7 Å². The molecule has 0 unspecified atom stereocenters. The molecule has 0 bridgehead atoms. The van der Waals surface area contributed by atoms with Crippen molar-refractivity contribution in [1.29, 1.82) is 0 Å². The topological polar surface area (TPSA) is 43.4 Å². The highest BCUT2D eigenvalue weighted by molar-refractivity contribution is 6.25. The quantitative estimate of drug-likeness (QED) is 0.516. The average molecular weight is 208 g/mol. The van der Waals surface area contributed by atoms with Gasteiger partial charge in [0.05, 0.1) is 11.7 Å². The molecule has 0 amide bonds. The van der Waals surface area contributed by atoms with E-state index in [9.17, 15) is 9.59 Å². The Kier molecular flexibility index (Phi) is 2.89. The maximum atomic E-state index is 11.5. The fourth-order valence-electron chi connectivity index (χ4n) is 2.26. The second-order valence-corrected chi connectivity index (χ2v) is 4.21. The summed E-state index contributed by atoms with van der Waals surface area (Å²) >= 11 is 0. The molecule has 0 aromatic carbocycles. The number of carbonyl (C=O) groups is 2. The normalized spacial score (nSPS) is 26.3. The average Bonchev–Trinajstić information content (AvgIpc) is 2.75. The molecule has 3 nitrogen and oxygen atoms in total. The lowest BCUT2D eigenvalue weighted by atomic mass is 10.1. The number of rotatable bonds is 2. The molecule has 3 heteroatoms. The van der Waals surface area contributed by atoms with Gasteiger partial charge in [0.1, 0.15) is 5.76 Å². The van der Waals surface area contributed by atoms with Gasteiger partial charge < -0.3 is 4.74 Å². The third-order valence-corrected chi connectivity index (χ3v) is 3.03. The van der Waals surface area contributed by atoms with Crippen LogP contribution in [0.2, 0.25) is 0 Å². The zero-order valence-electron chi connectivity index (χ0n) is 9.04. The van der Waals surface area contributed by atoms with Crippen LogP contribution in [0.25, 0.3) is 0 Å². The van der Waals surface area contributed by atoms with Gasteiger partial charge in [0.2, 0.25) is 0 Å². The van der Waals surface area contributed by atoms with E-state index in [1.165, 1.54) is 0 Å². The van der Waals surface area contributed by atoms with Gasteiger partial charge in [-0.2, -0.15) is 0 Å². The number of hydrogen-bond donors (Lipinski definition) is 0. The van der Waals surface area contributed by atoms with Crippen molar-refractivity contribution in [1.82, 2.24) is 0 Å². The van der Waals surface area contributed by atoms with Gasteiger partial charge in [-0.15, -0.1) is 0 Å². The van der Waals surface area contributed by atoms with Crippen LogP contribution in [0.1, 0.15) is 45.4 Å². The minimum atomic E-state index is -0.0212. The van der Waals surface area contributed by atoms with Crippen molar-refractivity contribution < 1.29 is 14.3 Å². The van der Waals surface area contributed by atoms with Gasteiger partial charge in [-0.05, 0) is 12.8 Å². The van der Waals surface area contributed by atoms with E-state index in [1.807, 2.05) is 0 Å². The molecule has 0 aromatic rings. The SMILES string of the molecule is CCC[C@H]1CCC(=C2C(=O)CCC2=O)O1. The van der Waals surface area contributed by atoms with Crippen molar-refractivity contribution in [2.75, 3.05) is 0 Å². The second kappa shape index (κ2) is 4.17. The van der Waals surface area contributed by atoms with E-state index >= 15 is 0 Å². The van der Waals surface area contributed by atoms with Gasteiger partial charge in [0.15, 0.2) is 11.6 Å². The molecule has 1 heterocycles. The molecular formula is C12H16O3. The van der Waals surface area contributed by atoms with E-state index in [0.29, 0.717) is 24.2 Å². The van der Waals surface area contributed by atoms with Gasteiger partial charge in [-0.1, -0.05) is 13.3 Å². The van der Waals surface area contributed by atoms with Crippen molar-refractivity contribution in [3.05, 3.63) is 11.3 Å². The zero-order chi connectivity index (χ0) is 10.8. The summed E-state index contributed by atoms with van der Waals surface area (Å²) in [5.41, 5.74) is 0.369. The molecule has 1 aliphatic heterocycles. The second-order valence-electron chi connectivity index (χ2n) is 4.21. The molecule has 0 radical (unpaired) electrons. The van der Waals surface area contributed by atoms with Crippen LogP contribution in [0.4, 0.5) is 0 Å². The van der Waals surface area contributed by atoms with E-state index in [2.05, 4.69) is 6.92 Å². The summed E-state index contributed by atoms with van der Waals surface area (Å²) in [7, 11) is 0. The van der Waals surface area contributed by atoms with Crippen molar-refractivity contribution in [3.8, 4) is 0 Å². The maximum Gasteiger partial charge on any atom is 0.170 e. The van der Waals surface area contributed by atoms with E-state index in [4.69, 9.17) is 4.74 Å². The number of carbonyl (C=O) groups excluding carboxylic acids is 2. The van der Waals surface area contributed by atoms with Gasteiger partial charge in [-0.3, -0.25) is 9.59 Å². The number of allylic oxidation sites excluding steroid dienone is 2. The Morgan fingerprint density at radius 3 is 2.47 bits per heavy atom. The Labute approximate surface area is 89.5 Å². The van der Waals surface area contributed by atoms with Crippen LogP contribution in [-0.2, 0) is 14.3 Å². The molecule has 82 valence electrons. The van der Waals surface area contributed by atoms with Crippen molar-refractivity contribution >= 4 is 11.6 Å². The molecule has 2 aliphatic rings. The molecular weight excluding hydrogens is 192 g/mol. The predicted molar refractivity (Wildman–Crippen MR) is 55.3 cm³/mol. The molecule has 1 aliphatic carbocycles. The maximum absolute atomic E-state index is 11.5. The summed E-state index contributed by atoms with van der Waals surface area (Å²) in [4.78, 5) is 23.0. The first-order valence-electron chi connectivity index (χ1n) is 5.68. The van der Waals surface area contributed by atoms with Gasteiger partial charge in [0.25, 0.3) is 0 Å². The van der Waals surface area contributed by atoms with Crippen LogP contribution >= 0.6 is 0 Å². The molecule has 0 N–H and O–H groups in total. The van der Waals surface area contributed by atoms with Crippen LogP contribution in [-0.4, -0.2) is 17.7 Å². The lowest BCUT2D eigenvalue weighted by molar-refractivity contribution is -0.116. The molecule has 1 saturated carbocycles. The minimum absolute atomic E-state index is 0.0212. The Morgan fingerprint density at radius 2 is 1.87 bits per heavy atom. The van der Waals surface area contributed by atoms with Crippen LogP contribution in [0, 0.1) is 0 Å². The van der Waals surface area contributed by atoms with Crippen LogP contribution in [0.3, 0.4) is 0 Å². The van der Waals surface area contributed by atoms with Gasteiger partial charge >= 0.3 is 0 Å². The van der Waals surface area contributed by atoms with Gasteiger partial charge in [-0.25, -0.2) is 0 Å². The van der Waals surface area contributed by atoms with Crippen LogP contribution < -0.4 is 0 Å². The summed E-state index contributed by atoms with van der Waals surface area (Å²) in [6.45, 7) is 2.11. The van der Waals surface area contributed by atoms with Crippen molar-refractivity contribution in [3.63, 3.8) is 0 Å². The first-order valence-corrected chi connectivity index (χ1v) is 5.68. The fourth-order valence-corrected chi connectivity index (χ4v) is 2.26. The van der Waals surface area contributed by atoms with E-state index in [0.717, 1.165) is 25.7 Å². The Balaban J connectivity index is 2.14. The molecule has 2 rings (SSSR count). The van der Waals surface area contributed by atoms with Gasteiger partial charge in [0, 0.05) is 19.3 Å². The lowest BCUT2D eigenvalue weighted by Crippen LogP contribution is -2.07. The van der Waals surface area contributed by atoms with E-state index in [1.54, 1.807) is 0 Å². The Bertz CT molecular complexity index is 310. The van der Waals surface area contributed by atoms with Crippen LogP contribution in [0.5, 0.6) is 0 Å². The number of ether oxygens (including phenoxy) is 1. The number of ketones is 2. The molecule has 15 heavy (non-hydrogen) atoms. The predicted octanol–water partition coefficient (Wildman–Crippen LogP) is 2.15. The third-order valence-electron chi connectivity index (χ3n) is 3.03. The summed E-state index contributed by atoms with van der Waals surface area (Å²) in [6.07, 6.45) is 4.77. The fraction of sp³-hybridized carbons (Fsp3) is 0.667. The minimum Gasteiger partial charge on any atom is -0.494 e. The molecule has 2 fully saturated rings. The lowest BCUT2D eigenvalue weighted by Gasteiger charge is -2.09. The highest BCUT2D eigenvalue weighted by atomic mass is 16.5. The molecule has 0 spiro atoms. The summed E-state index contributed by atoms with van der Waals surface area (Å²) in [6, 6.07) is 0. The highest BCUT2D eigenvalue weighted by Crippen LogP contribution is 2.32. The standard InChI is InChI=1S/C12H16O3/c1-2-3-8-4-7-11(15-8)12-9(13)5-6-10(12)14/h8H,2-7H2,1H3/t8-/m0/s1. The Morgan fingerprint density at radius 1 is 1.20 bits per heavy atom. The molecule has 1 saturated heterocycles. The highest BCUT2D eigenvalue weighted by Gasteiger charge is 2.33. The van der Waals surface area contributed by atoms with E-state index < -0.39 is 0 Å².